The highest BCUT2D eigenvalue weighted by molar-refractivity contribution is 5.95. The first-order valence-electron chi connectivity index (χ1n) is 8.23. The number of methoxy groups -OCH3 is 1. The molecule has 0 spiro atoms. The highest BCUT2D eigenvalue weighted by Crippen LogP contribution is 2.17. The summed E-state index contributed by atoms with van der Waals surface area (Å²) < 4.78 is 5.20. The van der Waals surface area contributed by atoms with Crippen molar-refractivity contribution in [2.45, 2.75) is 13.0 Å². The standard InChI is InChI=1S/C20H21N3O4/c1-3-18(24)21-13-14-8-10-15(11-9-14)20(26)23-22-19(25)12-16-6-4-5-7-17(16)27-2/h3-11H,1,12-13H2,2H3,(H,21,24)(H,22,25)(H,23,26). The molecule has 0 heterocycles. The lowest BCUT2D eigenvalue weighted by Gasteiger charge is -2.10. The smallest absolute Gasteiger partial charge is 0.269 e. The van der Waals surface area contributed by atoms with Gasteiger partial charge < -0.3 is 10.1 Å². The summed E-state index contributed by atoms with van der Waals surface area (Å²) in [7, 11) is 1.53. The largest absolute Gasteiger partial charge is 0.496 e. The van der Waals surface area contributed by atoms with Gasteiger partial charge in [-0.1, -0.05) is 36.9 Å². The van der Waals surface area contributed by atoms with E-state index in [-0.39, 0.29) is 18.2 Å². The lowest BCUT2D eigenvalue weighted by Crippen LogP contribution is -2.42. The Morgan fingerprint density at radius 2 is 1.74 bits per heavy atom. The van der Waals surface area contributed by atoms with Gasteiger partial charge in [-0.05, 0) is 29.8 Å². The quantitative estimate of drug-likeness (QED) is 0.510. The van der Waals surface area contributed by atoms with Crippen LogP contribution in [-0.2, 0) is 22.6 Å². The van der Waals surface area contributed by atoms with Crippen LogP contribution < -0.4 is 20.9 Å². The highest BCUT2D eigenvalue weighted by Gasteiger charge is 2.10. The average Bonchev–Trinajstić information content (AvgIpc) is 2.71. The third-order valence-electron chi connectivity index (χ3n) is 3.73. The van der Waals surface area contributed by atoms with Gasteiger partial charge in [0.25, 0.3) is 5.91 Å². The number of benzene rings is 2. The Bertz CT molecular complexity index is 831. The van der Waals surface area contributed by atoms with Crippen molar-refractivity contribution < 1.29 is 19.1 Å². The molecule has 0 saturated heterocycles. The predicted molar refractivity (Wildman–Crippen MR) is 101 cm³/mol. The lowest BCUT2D eigenvalue weighted by molar-refractivity contribution is -0.121. The molecule has 0 unspecified atom stereocenters. The van der Waals surface area contributed by atoms with Gasteiger partial charge in [0.2, 0.25) is 11.8 Å². The molecule has 140 valence electrons. The zero-order chi connectivity index (χ0) is 19.6. The number of carbonyl (C=O) groups excluding carboxylic acids is 3. The molecule has 3 amide bonds. The summed E-state index contributed by atoms with van der Waals surface area (Å²) in [4.78, 5) is 35.3. The zero-order valence-electron chi connectivity index (χ0n) is 15.0. The van der Waals surface area contributed by atoms with Gasteiger partial charge in [-0.15, -0.1) is 0 Å². The summed E-state index contributed by atoms with van der Waals surface area (Å²) in [5.74, 6) is -0.464. The number of ether oxygens (including phenoxy) is 1. The Hall–Kier alpha value is -3.61. The fourth-order valence-corrected chi connectivity index (χ4v) is 2.30. The molecular weight excluding hydrogens is 346 g/mol. The third-order valence-corrected chi connectivity index (χ3v) is 3.73. The molecule has 0 fully saturated rings. The van der Waals surface area contributed by atoms with Gasteiger partial charge >= 0.3 is 0 Å². The Balaban J connectivity index is 1.85. The molecule has 3 N–H and O–H groups in total. The summed E-state index contributed by atoms with van der Waals surface area (Å²) in [5, 5.41) is 2.65. The molecule has 0 atom stereocenters. The fourth-order valence-electron chi connectivity index (χ4n) is 2.30. The van der Waals surface area contributed by atoms with E-state index in [2.05, 4.69) is 22.7 Å². The molecule has 7 nitrogen and oxygen atoms in total. The molecule has 0 aliphatic heterocycles. The first-order valence-corrected chi connectivity index (χ1v) is 8.23. The van der Waals surface area contributed by atoms with Crippen molar-refractivity contribution in [2.24, 2.45) is 0 Å². The highest BCUT2D eigenvalue weighted by atomic mass is 16.5. The second-order valence-corrected chi connectivity index (χ2v) is 5.61. The van der Waals surface area contributed by atoms with Crippen molar-refractivity contribution in [3.8, 4) is 5.75 Å². The minimum Gasteiger partial charge on any atom is -0.496 e. The molecule has 2 rings (SSSR count). The molecule has 2 aromatic carbocycles. The summed E-state index contributed by atoms with van der Waals surface area (Å²) >= 11 is 0. The number of hydrazine groups is 1. The molecule has 0 bridgehead atoms. The maximum atomic E-state index is 12.1. The van der Waals surface area contributed by atoms with Crippen molar-refractivity contribution in [1.29, 1.82) is 0 Å². The van der Waals surface area contributed by atoms with Gasteiger partial charge in [-0.3, -0.25) is 25.2 Å². The molecule has 0 radical (unpaired) electrons. The maximum absolute atomic E-state index is 12.1. The molecule has 27 heavy (non-hydrogen) atoms. The topological polar surface area (TPSA) is 96.5 Å². The van der Waals surface area contributed by atoms with Gasteiger partial charge in [-0.25, -0.2) is 0 Å². The summed E-state index contributed by atoms with van der Waals surface area (Å²) in [6, 6.07) is 13.8. The van der Waals surface area contributed by atoms with Crippen molar-refractivity contribution in [3.05, 3.63) is 77.9 Å². The van der Waals surface area contributed by atoms with Crippen molar-refractivity contribution in [2.75, 3.05) is 7.11 Å². The maximum Gasteiger partial charge on any atom is 0.269 e. The third kappa shape index (κ3) is 6.00. The van der Waals surface area contributed by atoms with E-state index in [4.69, 9.17) is 4.74 Å². The van der Waals surface area contributed by atoms with E-state index in [0.29, 0.717) is 17.9 Å². The Labute approximate surface area is 157 Å². The second kappa shape index (κ2) is 9.76. The molecule has 0 aliphatic carbocycles. The Morgan fingerprint density at radius 1 is 1.04 bits per heavy atom. The van der Waals surface area contributed by atoms with Crippen LogP contribution in [0.4, 0.5) is 0 Å². The molecular formula is C20H21N3O4. The van der Waals surface area contributed by atoms with Crippen LogP contribution in [0.5, 0.6) is 5.75 Å². The van der Waals surface area contributed by atoms with Crippen molar-refractivity contribution >= 4 is 17.7 Å². The molecule has 2 aromatic rings. The van der Waals surface area contributed by atoms with E-state index in [1.807, 2.05) is 12.1 Å². The normalized spacial score (nSPS) is 9.81. The van der Waals surface area contributed by atoms with Crippen molar-refractivity contribution in [3.63, 3.8) is 0 Å². The van der Waals surface area contributed by atoms with Crippen LogP contribution in [0.15, 0.2) is 61.2 Å². The van der Waals surface area contributed by atoms with Crippen LogP contribution in [0.1, 0.15) is 21.5 Å². The molecule has 0 aliphatic rings. The van der Waals surface area contributed by atoms with E-state index in [1.54, 1.807) is 36.4 Å². The van der Waals surface area contributed by atoms with Crippen LogP contribution in [0, 0.1) is 0 Å². The monoisotopic (exact) mass is 367 g/mol. The SMILES string of the molecule is C=CC(=O)NCc1ccc(C(=O)NNC(=O)Cc2ccccc2OC)cc1. The van der Waals surface area contributed by atoms with Crippen molar-refractivity contribution in [1.82, 2.24) is 16.2 Å². The van der Waals surface area contributed by atoms with Gasteiger partial charge in [0, 0.05) is 17.7 Å². The number of hydrogen-bond acceptors (Lipinski definition) is 4. The van der Waals surface area contributed by atoms with Gasteiger partial charge in [0.1, 0.15) is 5.75 Å². The number of rotatable bonds is 7. The molecule has 0 saturated carbocycles. The van der Waals surface area contributed by atoms with Crippen LogP contribution in [-0.4, -0.2) is 24.8 Å². The number of amides is 3. The van der Waals surface area contributed by atoms with Crippen LogP contribution in [0.25, 0.3) is 0 Å². The first-order chi connectivity index (χ1) is 13.0. The zero-order valence-corrected chi connectivity index (χ0v) is 15.0. The van der Waals surface area contributed by atoms with E-state index in [0.717, 1.165) is 11.1 Å². The Kier molecular flexibility index (Phi) is 7.13. The van der Waals surface area contributed by atoms with E-state index >= 15 is 0 Å². The molecule has 7 heteroatoms. The van der Waals surface area contributed by atoms with Crippen LogP contribution in [0.2, 0.25) is 0 Å². The second-order valence-electron chi connectivity index (χ2n) is 5.61. The van der Waals surface area contributed by atoms with Crippen LogP contribution >= 0.6 is 0 Å². The van der Waals surface area contributed by atoms with Crippen LogP contribution in [0.3, 0.4) is 0 Å². The van der Waals surface area contributed by atoms with E-state index in [1.165, 1.54) is 13.2 Å². The number of para-hydroxylation sites is 1. The summed E-state index contributed by atoms with van der Waals surface area (Å²) in [6.45, 7) is 3.71. The summed E-state index contributed by atoms with van der Waals surface area (Å²) in [6.07, 6.45) is 1.27. The first kappa shape index (κ1) is 19.7. The minimum atomic E-state index is -0.440. The fraction of sp³-hybridized carbons (Fsp3) is 0.150. The minimum absolute atomic E-state index is 0.0756. The van der Waals surface area contributed by atoms with Gasteiger partial charge in [0.05, 0.1) is 13.5 Å². The number of carbonyl (C=O) groups is 3. The number of nitrogens with one attached hydrogen (secondary N) is 3. The average molecular weight is 367 g/mol. The van der Waals surface area contributed by atoms with E-state index < -0.39 is 5.91 Å². The van der Waals surface area contributed by atoms with E-state index in [9.17, 15) is 14.4 Å². The van der Waals surface area contributed by atoms with Gasteiger partial charge in [-0.2, -0.15) is 0 Å². The number of hydrogen-bond donors (Lipinski definition) is 3. The Morgan fingerprint density at radius 3 is 2.41 bits per heavy atom. The lowest BCUT2D eigenvalue weighted by atomic mass is 10.1. The van der Waals surface area contributed by atoms with Gasteiger partial charge in [0.15, 0.2) is 0 Å². The predicted octanol–water partition coefficient (Wildman–Crippen LogP) is 1.50. The summed E-state index contributed by atoms with van der Waals surface area (Å²) in [5.41, 5.74) is 6.69. The molecule has 0 aromatic heterocycles.